The quantitative estimate of drug-likeness (QED) is 0.751. The molecular formula is C20H25N7. The van der Waals surface area contributed by atoms with Gasteiger partial charge in [0, 0.05) is 55.9 Å². The number of nitrogens with zero attached hydrogens (tertiary/aromatic N) is 6. The molecule has 1 atom stereocenters. The largest absolute Gasteiger partial charge is 0.323 e. The van der Waals surface area contributed by atoms with Crippen LogP contribution in [0.5, 0.6) is 0 Å². The first-order chi connectivity index (χ1) is 13.2. The number of hydrogen-bond donors (Lipinski definition) is 1. The van der Waals surface area contributed by atoms with Gasteiger partial charge in [0.15, 0.2) is 5.82 Å². The number of likely N-dealkylation sites (tertiary alicyclic amines) is 1. The Morgan fingerprint density at radius 1 is 1.22 bits per heavy atom. The normalized spacial score (nSPS) is 17.8. The third-order valence-corrected chi connectivity index (χ3v) is 4.92. The molecular weight excluding hydrogens is 338 g/mol. The van der Waals surface area contributed by atoms with Gasteiger partial charge < -0.3 is 5.32 Å². The van der Waals surface area contributed by atoms with E-state index >= 15 is 0 Å². The van der Waals surface area contributed by atoms with Gasteiger partial charge in [0.25, 0.3) is 0 Å². The van der Waals surface area contributed by atoms with Crippen LogP contribution in [0.15, 0.2) is 43.0 Å². The fourth-order valence-corrected chi connectivity index (χ4v) is 3.71. The van der Waals surface area contributed by atoms with E-state index in [1.807, 2.05) is 43.0 Å². The van der Waals surface area contributed by atoms with E-state index in [0.717, 1.165) is 55.5 Å². The summed E-state index contributed by atoms with van der Waals surface area (Å²) in [6.45, 7) is 4.99. The van der Waals surface area contributed by atoms with Crippen LogP contribution in [0, 0.1) is 6.92 Å². The maximum Gasteiger partial charge on any atom is 0.153 e. The Labute approximate surface area is 159 Å². The molecule has 0 bridgehead atoms. The highest BCUT2D eigenvalue weighted by atomic mass is 15.2. The number of nitrogens with one attached hydrogen (secondary N) is 1. The number of aromatic nitrogens is 5. The summed E-state index contributed by atoms with van der Waals surface area (Å²) in [5.41, 5.74) is 3.25. The van der Waals surface area contributed by atoms with Gasteiger partial charge >= 0.3 is 0 Å². The number of anilines is 2. The molecule has 1 aliphatic heterocycles. The Morgan fingerprint density at radius 2 is 2.11 bits per heavy atom. The number of rotatable bonds is 5. The van der Waals surface area contributed by atoms with Crippen LogP contribution in [0.3, 0.4) is 0 Å². The summed E-state index contributed by atoms with van der Waals surface area (Å²) < 4.78 is 1.86. The van der Waals surface area contributed by atoms with Crippen molar-refractivity contribution in [2.24, 2.45) is 7.05 Å². The second kappa shape index (κ2) is 7.84. The Bertz CT molecular complexity index is 905. The second-order valence-electron chi connectivity index (χ2n) is 7.18. The van der Waals surface area contributed by atoms with Gasteiger partial charge in [-0.3, -0.25) is 14.6 Å². The van der Waals surface area contributed by atoms with Crippen molar-refractivity contribution >= 4 is 11.6 Å². The van der Waals surface area contributed by atoms with Crippen molar-refractivity contribution in [1.29, 1.82) is 0 Å². The highest BCUT2D eigenvalue weighted by molar-refractivity contribution is 5.55. The van der Waals surface area contributed by atoms with E-state index in [0.29, 0.717) is 5.92 Å². The zero-order valence-electron chi connectivity index (χ0n) is 15.8. The molecule has 1 unspecified atom stereocenters. The number of pyridine rings is 1. The standard InChI is InChI=1S/C20H25N7/c1-15-5-3-7-18(24-15)25-20-19(21-8-9-22-20)17-6-4-10-27(14-17)13-16-11-23-26(2)12-16/h3,5,7-9,11-12,17H,4,6,10,13-14H2,1-2H3,(H,22,24,25). The average molecular weight is 363 g/mol. The fourth-order valence-electron chi connectivity index (χ4n) is 3.71. The second-order valence-corrected chi connectivity index (χ2v) is 7.18. The van der Waals surface area contributed by atoms with Gasteiger partial charge in [-0.1, -0.05) is 6.07 Å². The summed E-state index contributed by atoms with van der Waals surface area (Å²) in [5.74, 6) is 1.97. The Balaban J connectivity index is 1.50. The van der Waals surface area contributed by atoms with Crippen LogP contribution in [0.25, 0.3) is 0 Å². The van der Waals surface area contributed by atoms with Crippen molar-refractivity contribution in [3.05, 3.63) is 59.9 Å². The molecule has 1 aliphatic rings. The topological polar surface area (TPSA) is 71.8 Å². The lowest BCUT2D eigenvalue weighted by Crippen LogP contribution is -2.34. The van der Waals surface area contributed by atoms with E-state index in [1.165, 1.54) is 5.56 Å². The van der Waals surface area contributed by atoms with Crippen LogP contribution >= 0.6 is 0 Å². The molecule has 0 spiro atoms. The third kappa shape index (κ3) is 4.31. The summed E-state index contributed by atoms with van der Waals surface area (Å²) in [7, 11) is 1.96. The zero-order valence-corrected chi connectivity index (χ0v) is 15.8. The van der Waals surface area contributed by atoms with Crippen molar-refractivity contribution in [3.63, 3.8) is 0 Å². The summed E-state index contributed by atoms with van der Waals surface area (Å²) in [6, 6.07) is 5.94. The van der Waals surface area contributed by atoms with Crippen molar-refractivity contribution in [2.45, 2.75) is 32.2 Å². The van der Waals surface area contributed by atoms with Gasteiger partial charge in [-0.25, -0.2) is 9.97 Å². The molecule has 1 saturated heterocycles. The molecule has 1 fully saturated rings. The highest BCUT2D eigenvalue weighted by Gasteiger charge is 2.25. The molecule has 4 rings (SSSR count). The first-order valence-electron chi connectivity index (χ1n) is 9.39. The van der Waals surface area contributed by atoms with E-state index in [4.69, 9.17) is 0 Å². The van der Waals surface area contributed by atoms with Crippen molar-refractivity contribution in [3.8, 4) is 0 Å². The lowest BCUT2D eigenvalue weighted by molar-refractivity contribution is 0.198. The zero-order chi connectivity index (χ0) is 18.6. The highest BCUT2D eigenvalue weighted by Crippen LogP contribution is 2.30. The molecule has 3 aromatic heterocycles. The Kier molecular flexibility index (Phi) is 5.11. The van der Waals surface area contributed by atoms with E-state index in [9.17, 15) is 0 Å². The van der Waals surface area contributed by atoms with E-state index < -0.39 is 0 Å². The maximum atomic E-state index is 4.67. The minimum Gasteiger partial charge on any atom is -0.323 e. The molecule has 7 heteroatoms. The van der Waals surface area contributed by atoms with Crippen LogP contribution in [0.2, 0.25) is 0 Å². The molecule has 0 aliphatic carbocycles. The predicted octanol–water partition coefficient (Wildman–Crippen LogP) is 3.04. The van der Waals surface area contributed by atoms with Crippen molar-refractivity contribution in [1.82, 2.24) is 29.6 Å². The molecule has 1 N–H and O–H groups in total. The minimum atomic E-state index is 0.358. The summed E-state index contributed by atoms with van der Waals surface area (Å²) >= 11 is 0. The average Bonchev–Trinajstić information content (AvgIpc) is 3.07. The molecule has 140 valence electrons. The van der Waals surface area contributed by atoms with Crippen LogP contribution < -0.4 is 5.32 Å². The van der Waals surface area contributed by atoms with Crippen LogP contribution in [-0.4, -0.2) is 42.7 Å². The van der Waals surface area contributed by atoms with Gasteiger partial charge in [-0.15, -0.1) is 0 Å². The first-order valence-corrected chi connectivity index (χ1v) is 9.39. The van der Waals surface area contributed by atoms with Crippen molar-refractivity contribution < 1.29 is 0 Å². The molecule has 0 aromatic carbocycles. The molecule has 7 nitrogen and oxygen atoms in total. The Morgan fingerprint density at radius 3 is 2.93 bits per heavy atom. The lowest BCUT2D eigenvalue weighted by atomic mass is 9.94. The van der Waals surface area contributed by atoms with E-state index in [2.05, 4.69) is 36.5 Å². The first kappa shape index (κ1) is 17.6. The smallest absolute Gasteiger partial charge is 0.153 e. The fraction of sp³-hybridized carbons (Fsp3) is 0.400. The van der Waals surface area contributed by atoms with Crippen LogP contribution in [-0.2, 0) is 13.6 Å². The van der Waals surface area contributed by atoms with Crippen LogP contribution in [0.4, 0.5) is 11.6 Å². The van der Waals surface area contributed by atoms with Crippen LogP contribution in [0.1, 0.15) is 35.7 Å². The lowest BCUT2D eigenvalue weighted by Gasteiger charge is -2.32. The number of hydrogen-bond acceptors (Lipinski definition) is 6. The van der Waals surface area contributed by atoms with Gasteiger partial charge in [-0.2, -0.15) is 5.10 Å². The maximum absolute atomic E-state index is 4.67. The summed E-state index contributed by atoms with van der Waals surface area (Å²) in [4.78, 5) is 16.2. The summed E-state index contributed by atoms with van der Waals surface area (Å²) in [5, 5.41) is 7.64. The van der Waals surface area contributed by atoms with Gasteiger partial charge in [-0.05, 0) is 38.4 Å². The molecule has 27 heavy (non-hydrogen) atoms. The number of piperidine rings is 1. The predicted molar refractivity (Wildman–Crippen MR) is 105 cm³/mol. The molecule has 4 heterocycles. The molecule has 0 radical (unpaired) electrons. The van der Waals surface area contributed by atoms with E-state index in [1.54, 1.807) is 12.4 Å². The van der Waals surface area contributed by atoms with Gasteiger partial charge in [0.1, 0.15) is 5.82 Å². The molecule has 0 saturated carbocycles. The minimum absolute atomic E-state index is 0.358. The SMILES string of the molecule is Cc1cccc(Nc2nccnc2C2CCCN(Cc3cnn(C)c3)C2)n1. The molecule has 3 aromatic rings. The van der Waals surface area contributed by atoms with Crippen molar-refractivity contribution in [2.75, 3.05) is 18.4 Å². The molecule has 0 amide bonds. The number of aryl methyl sites for hydroxylation is 2. The third-order valence-electron chi connectivity index (χ3n) is 4.92. The monoisotopic (exact) mass is 363 g/mol. The van der Waals surface area contributed by atoms with E-state index in [-0.39, 0.29) is 0 Å². The van der Waals surface area contributed by atoms with Gasteiger partial charge in [0.2, 0.25) is 0 Å². The van der Waals surface area contributed by atoms with Gasteiger partial charge in [0.05, 0.1) is 11.9 Å². The summed E-state index contributed by atoms with van der Waals surface area (Å²) in [6.07, 6.45) is 9.83. The Hall–Kier alpha value is -2.80.